The van der Waals surface area contributed by atoms with Crippen LogP contribution in [0.2, 0.25) is 0 Å². The van der Waals surface area contributed by atoms with Crippen LogP contribution in [0.4, 0.5) is 5.69 Å². The second-order valence-electron chi connectivity index (χ2n) is 4.57. The lowest BCUT2D eigenvalue weighted by atomic mass is 10.2. The number of rotatable bonds is 5. The monoisotopic (exact) mass is 282 g/mol. The van der Waals surface area contributed by atoms with Gasteiger partial charge in [0.25, 0.3) is 0 Å². The zero-order valence-electron chi connectivity index (χ0n) is 11.9. The maximum Gasteiger partial charge on any atom is 0.244 e. The Bertz CT molecular complexity index is 633. The highest BCUT2D eigenvalue weighted by Gasteiger charge is 1.98. The van der Waals surface area contributed by atoms with Gasteiger partial charge in [0.1, 0.15) is 5.75 Å². The van der Waals surface area contributed by atoms with Crippen LogP contribution < -0.4 is 15.8 Å². The zero-order valence-corrected chi connectivity index (χ0v) is 11.9. The summed E-state index contributed by atoms with van der Waals surface area (Å²) in [6.07, 6.45) is 3.26. The summed E-state index contributed by atoms with van der Waals surface area (Å²) in [6.45, 7) is 0.460. The number of benzene rings is 2. The number of amides is 1. The number of nitrogen functional groups attached to an aromatic ring is 1. The SMILES string of the molecule is COc1cccc(CNC(=O)/C=C/c2ccc(N)cc2)c1. The molecule has 0 bridgehead atoms. The second-order valence-corrected chi connectivity index (χ2v) is 4.57. The third-order valence-electron chi connectivity index (χ3n) is 2.96. The first-order valence-electron chi connectivity index (χ1n) is 6.62. The van der Waals surface area contributed by atoms with Gasteiger partial charge in [0.15, 0.2) is 0 Å². The molecule has 0 aliphatic rings. The van der Waals surface area contributed by atoms with Crippen LogP contribution in [0.3, 0.4) is 0 Å². The average molecular weight is 282 g/mol. The number of carbonyl (C=O) groups excluding carboxylic acids is 1. The number of nitrogens with two attached hydrogens (primary N) is 1. The third-order valence-corrected chi connectivity index (χ3v) is 2.96. The Morgan fingerprint density at radius 1 is 1.24 bits per heavy atom. The minimum atomic E-state index is -0.144. The number of hydrogen-bond donors (Lipinski definition) is 2. The topological polar surface area (TPSA) is 64.3 Å². The first kappa shape index (κ1) is 14.7. The Kier molecular flexibility index (Phi) is 4.99. The number of hydrogen-bond acceptors (Lipinski definition) is 3. The summed E-state index contributed by atoms with van der Waals surface area (Å²) < 4.78 is 5.14. The van der Waals surface area contributed by atoms with E-state index in [9.17, 15) is 4.79 Å². The van der Waals surface area contributed by atoms with Crippen molar-refractivity contribution in [3.63, 3.8) is 0 Å². The fourth-order valence-electron chi connectivity index (χ4n) is 1.81. The van der Waals surface area contributed by atoms with Gasteiger partial charge in [0.2, 0.25) is 5.91 Å². The molecule has 108 valence electrons. The number of nitrogens with one attached hydrogen (secondary N) is 1. The summed E-state index contributed by atoms with van der Waals surface area (Å²) >= 11 is 0. The molecule has 0 aliphatic heterocycles. The maximum atomic E-state index is 11.8. The molecule has 0 radical (unpaired) electrons. The highest BCUT2D eigenvalue weighted by molar-refractivity contribution is 5.91. The average Bonchev–Trinajstić information content (AvgIpc) is 2.52. The Hall–Kier alpha value is -2.75. The van der Waals surface area contributed by atoms with E-state index in [0.29, 0.717) is 12.2 Å². The first-order chi connectivity index (χ1) is 10.2. The maximum absolute atomic E-state index is 11.8. The number of carbonyl (C=O) groups is 1. The summed E-state index contributed by atoms with van der Waals surface area (Å²) in [5.41, 5.74) is 8.23. The standard InChI is InChI=1S/C17H18N2O2/c1-21-16-4-2-3-14(11-16)12-19-17(20)10-7-13-5-8-15(18)9-6-13/h2-11H,12,18H2,1H3,(H,19,20)/b10-7+. The lowest BCUT2D eigenvalue weighted by Crippen LogP contribution is -2.20. The van der Waals surface area contributed by atoms with E-state index in [1.807, 2.05) is 36.4 Å². The van der Waals surface area contributed by atoms with Crippen LogP contribution in [-0.4, -0.2) is 13.0 Å². The van der Waals surface area contributed by atoms with Crippen molar-refractivity contribution in [1.29, 1.82) is 0 Å². The van der Waals surface area contributed by atoms with E-state index in [0.717, 1.165) is 16.9 Å². The largest absolute Gasteiger partial charge is 0.497 e. The number of anilines is 1. The Morgan fingerprint density at radius 2 is 2.00 bits per heavy atom. The van der Waals surface area contributed by atoms with Crippen molar-refractivity contribution in [3.05, 3.63) is 65.7 Å². The van der Waals surface area contributed by atoms with E-state index in [1.54, 1.807) is 25.3 Å². The van der Waals surface area contributed by atoms with Gasteiger partial charge in [-0.15, -0.1) is 0 Å². The van der Waals surface area contributed by atoms with Gasteiger partial charge in [0, 0.05) is 18.3 Å². The fourth-order valence-corrected chi connectivity index (χ4v) is 1.81. The van der Waals surface area contributed by atoms with Crippen LogP contribution in [-0.2, 0) is 11.3 Å². The Morgan fingerprint density at radius 3 is 2.71 bits per heavy atom. The van der Waals surface area contributed by atoms with Gasteiger partial charge in [-0.3, -0.25) is 4.79 Å². The molecule has 4 nitrogen and oxygen atoms in total. The molecule has 0 aliphatic carbocycles. The van der Waals surface area contributed by atoms with Gasteiger partial charge < -0.3 is 15.8 Å². The molecule has 0 spiro atoms. The number of ether oxygens (including phenoxy) is 1. The Balaban J connectivity index is 1.88. The summed E-state index contributed by atoms with van der Waals surface area (Å²) in [6, 6.07) is 14.9. The van der Waals surface area contributed by atoms with E-state index < -0.39 is 0 Å². The first-order valence-corrected chi connectivity index (χ1v) is 6.62. The van der Waals surface area contributed by atoms with Crippen molar-refractivity contribution in [2.45, 2.75) is 6.54 Å². The molecule has 0 heterocycles. The molecule has 2 aromatic rings. The lowest BCUT2D eigenvalue weighted by molar-refractivity contribution is -0.116. The van der Waals surface area contributed by atoms with E-state index in [2.05, 4.69) is 5.32 Å². The van der Waals surface area contributed by atoms with Gasteiger partial charge in [-0.05, 0) is 41.5 Å². The van der Waals surface area contributed by atoms with Crippen LogP contribution in [0.1, 0.15) is 11.1 Å². The molecule has 0 fully saturated rings. The van der Waals surface area contributed by atoms with Crippen molar-refractivity contribution < 1.29 is 9.53 Å². The van der Waals surface area contributed by atoms with Crippen molar-refractivity contribution in [2.24, 2.45) is 0 Å². The Labute approximate surface area is 124 Å². The zero-order chi connectivity index (χ0) is 15.1. The molecule has 0 atom stereocenters. The molecule has 21 heavy (non-hydrogen) atoms. The normalized spacial score (nSPS) is 10.5. The van der Waals surface area contributed by atoms with Gasteiger partial charge in [-0.2, -0.15) is 0 Å². The highest BCUT2D eigenvalue weighted by Crippen LogP contribution is 2.12. The van der Waals surface area contributed by atoms with E-state index in [1.165, 1.54) is 6.08 Å². The predicted molar refractivity (Wildman–Crippen MR) is 84.7 cm³/mol. The number of methoxy groups -OCH3 is 1. The molecule has 0 aromatic heterocycles. The molecule has 2 rings (SSSR count). The van der Waals surface area contributed by atoms with Gasteiger partial charge in [-0.25, -0.2) is 0 Å². The van der Waals surface area contributed by atoms with Crippen molar-refractivity contribution in [1.82, 2.24) is 5.32 Å². The highest BCUT2D eigenvalue weighted by atomic mass is 16.5. The third kappa shape index (κ3) is 4.69. The van der Waals surface area contributed by atoms with Gasteiger partial charge in [0.05, 0.1) is 7.11 Å². The fraction of sp³-hybridized carbons (Fsp3) is 0.118. The predicted octanol–water partition coefficient (Wildman–Crippen LogP) is 2.61. The van der Waals surface area contributed by atoms with E-state index in [-0.39, 0.29) is 5.91 Å². The second kappa shape index (κ2) is 7.14. The molecule has 1 amide bonds. The molecular weight excluding hydrogens is 264 g/mol. The van der Waals surface area contributed by atoms with Crippen LogP contribution in [0.15, 0.2) is 54.6 Å². The van der Waals surface area contributed by atoms with E-state index >= 15 is 0 Å². The van der Waals surface area contributed by atoms with Crippen LogP contribution in [0, 0.1) is 0 Å². The quantitative estimate of drug-likeness (QED) is 0.654. The molecule has 0 unspecified atom stereocenters. The molecule has 0 saturated heterocycles. The minimum Gasteiger partial charge on any atom is -0.497 e. The lowest BCUT2D eigenvalue weighted by Gasteiger charge is -2.05. The molecule has 3 N–H and O–H groups in total. The summed E-state index contributed by atoms with van der Waals surface area (Å²) in [4.78, 5) is 11.8. The van der Waals surface area contributed by atoms with Crippen LogP contribution in [0.5, 0.6) is 5.75 Å². The molecule has 0 saturated carbocycles. The molecular formula is C17H18N2O2. The van der Waals surface area contributed by atoms with Crippen molar-refractivity contribution >= 4 is 17.7 Å². The van der Waals surface area contributed by atoms with E-state index in [4.69, 9.17) is 10.5 Å². The van der Waals surface area contributed by atoms with Crippen LogP contribution in [0.25, 0.3) is 6.08 Å². The van der Waals surface area contributed by atoms with Crippen molar-refractivity contribution in [2.75, 3.05) is 12.8 Å². The van der Waals surface area contributed by atoms with Gasteiger partial charge in [-0.1, -0.05) is 24.3 Å². The van der Waals surface area contributed by atoms with Gasteiger partial charge >= 0.3 is 0 Å². The summed E-state index contributed by atoms with van der Waals surface area (Å²) in [5, 5.41) is 2.83. The summed E-state index contributed by atoms with van der Waals surface area (Å²) in [5.74, 6) is 0.633. The van der Waals surface area contributed by atoms with Crippen molar-refractivity contribution in [3.8, 4) is 5.75 Å². The summed E-state index contributed by atoms with van der Waals surface area (Å²) in [7, 11) is 1.62. The molecule has 4 heteroatoms. The molecule has 2 aromatic carbocycles. The smallest absolute Gasteiger partial charge is 0.244 e. The van der Waals surface area contributed by atoms with Crippen LogP contribution >= 0.6 is 0 Å². The minimum absolute atomic E-state index is 0.144.